The summed E-state index contributed by atoms with van der Waals surface area (Å²) >= 11 is 0. The van der Waals surface area contributed by atoms with Gasteiger partial charge in [0.05, 0.1) is 12.8 Å². The molecule has 90 valence electrons. The molecule has 0 aliphatic rings. The van der Waals surface area contributed by atoms with Crippen molar-refractivity contribution >= 4 is 0 Å². The minimum atomic E-state index is -0.0377. The predicted molar refractivity (Wildman–Crippen MR) is 64.0 cm³/mol. The summed E-state index contributed by atoms with van der Waals surface area (Å²) in [5.41, 5.74) is 2.19. The Kier molecular flexibility index (Phi) is 3.49. The van der Waals surface area contributed by atoms with E-state index in [1.54, 1.807) is 18.6 Å². The molecular formula is C12H16N4O. The van der Waals surface area contributed by atoms with Crippen molar-refractivity contribution in [3.05, 3.63) is 30.4 Å². The maximum absolute atomic E-state index is 9.33. The number of nitrogens with zero attached hydrogens (tertiary/aromatic N) is 4. The Morgan fingerprint density at radius 2 is 2.18 bits per heavy atom. The smallest absolute Gasteiger partial charge is 0.118 e. The molecule has 0 aliphatic carbocycles. The molecule has 5 heteroatoms. The highest BCUT2D eigenvalue weighted by Crippen LogP contribution is 2.19. The Morgan fingerprint density at radius 1 is 1.35 bits per heavy atom. The third-order valence-corrected chi connectivity index (χ3v) is 2.37. The van der Waals surface area contributed by atoms with E-state index in [9.17, 15) is 5.11 Å². The highest BCUT2D eigenvalue weighted by Gasteiger charge is 2.12. The molecule has 0 bridgehead atoms. The van der Waals surface area contributed by atoms with Gasteiger partial charge in [-0.25, -0.2) is 0 Å². The van der Waals surface area contributed by atoms with Crippen LogP contribution in [0.2, 0.25) is 0 Å². The molecule has 0 unspecified atom stereocenters. The van der Waals surface area contributed by atoms with Crippen LogP contribution in [-0.2, 0) is 13.2 Å². The minimum absolute atomic E-state index is 0.0377. The second kappa shape index (κ2) is 5.05. The first-order valence-corrected chi connectivity index (χ1v) is 5.64. The van der Waals surface area contributed by atoms with Gasteiger partial charge in [-0.15, -0.1) is 0 Å². The van der Waals surface area contributed by atoms with E-state index < -0.39 is 0 Å². The molecule has 1 N–H and O–H groups in total. The third kappa shape index (κ3) is 2.68. The maximum atomic E-state index is 9.33. The van der Waals surface area contributed by atoms with Crippen LogP contribution in [0.25, 0.3) is 11.4 Å². The molecule has 2 aromatic rings. The fourth-order valence-electron chi connectivity index (χ4n) is 1.68. The summed E-state index contributed by atoms with van der Waals surface area (Å²) in [6.45, 7) is 5.04. The molecule has 0 aliphatic heterocycles. The molecular weight excluding hydrogens is 216 g/mol. The van der Waals surface area contributed by atoms with Crippen molar-refractivity contribution in [2.24, 2.45) is 5.92 Å². The van der Waals surface area contributed by atoms with Crippen molar-refractivity contribution in [3.8, 4) is 11.4 Å². The maximum Gasteiger partial charge on any atom is 0.118 e. The lowest BCUT2D eigenvalue weighted by atomic mass is 10.2. The molecule has 0 atom stereocenters. The molecule has 5 nitrogen and oxygen atoms in total. The average molecular weight is 232 g/mol. The van der Waals surface area contributed by atoms with Gasteiger partial charge >= 0.3 is 0 Å². The highest BCUT2D eigenvalue weighted by molar-refractivity contribution is 5.56. The molecule has 0 amide bonds. The second-order valence-corrected chi connectivity index (χ2v) is 4.37. The standard InChI is InChI=1S/C12H16N4O/c1-9(2)6-16-7-10(8-17)12(15-16)11-5-13-3-4-14-11/h3-5,7,9,17H,6,8H2,1-2H3. The Balaban J connectivity index is 2.36. The summed E-state index contributed by atoms with van der Waals surface area (Å²) in [6, 6.07) is 0. The number of aliphatic hydroxyl groups is 1. The summed E-state index contributed by atoms with van der Waals surface area (Å²) in [5, 5.41) is 13.8. The van der Waals surface area contributed by atoms with Crippen LogP contribution in [0.1, 0.15) is 19.4 Å². The van der Waals surface area contributed by atoms with E-state index in [-0.39, 0.29) is 6.61 Å². The summed E-state index contributed by atoms with van der Waals surface area (Å²) in [4.78, 5) is 8.21. The quantitative estimate of drug-likeness (QED) is 0.867. The van der Waals surface area contributed by atoms with Crippen LogP contribution in [0.5, 0.6) is 0 Å². The molecule has 0 spiro atoms. The van der Waals surface area contributed by atoms with Gasteiger partial charge in [-0.3, -0.25) is 14.6 Å². The molecule has 0 saturated carbocycles. The Bertz CT molecular complexity index is 479. The zero-order chi connectivity index (χ0) is 12.3. The number of hydrogen-bond acceptors (Lipinski definition) is 4. The lowest BCUT2D eigenvalue weighted by molar-refractivity contribution is 0.282. The van der Waals surface area contributed by atoms with E-state index in [1.165, 1.54) is 0 Å². The zero-order valence-electron chi connectivity index (χ0n) is 10.0. The third-order valence-electron chi connectivity index (χ3n) is 2.37. The molecule has 17 heavy (non-hydrogen) atoms. The zero-order valence-corrected chi connectivity index (χ0v) is 10.0. The molecule has 2 heterocycles. The molecule has 2 aromatic heterocycles. The Morgan fingerprint density at radius 3 is 2.76 bits per heavy atom. The van der Waals surface area contributed by atoms with E-state index in [0.717, 1.165) is 12.1 Å². The normalized spacial score (nSPS) is 11.1. The SMILES string of the molecule is CC(C)Cn1cc(CO)c(-c2cnccn2)n1. The second-order valence-electron chi connectivity index (χ2n) is 4.37. The van der Waals surface area contributed by atoms with E-state index in [1.807, 2.05) is 10.9 Å². The summed E-state index contributed by atoms with van der Waals surface area (Å²) < 4.78 is 1.85. The van der Waals surface area contributed by atoms with E-state index in [0.29, 0.717) is 17.3 Å². The van der Waals surface area contributed by atoms with Crippen LogP contribution in [0.15, 0.2) is 24.8 Å². The van der Waals surface area contributed by atoms with Gasteiger partial charge in [0.25, 0.3) is 0 Å². The lowest BCUT2D eigenvalue weighted by Crippen LogP contribution is -2.04. The van der Waals surface area contributed by atoms with Crippen molar-refractivity contribution < 1.29 is 5.11 Å². The Hall–Kier alpha value is -1.75. The minimum Gasteiger partial charge on any atom is -0.392 e. The topological polar surface area (TPSA) is 63.8 Å². The number of aromatic nitrogens is 4. The van der Waals surface area contributed by atoms with E-state index in [4.69, 9.17) is 0 Å². The predicted octanol–water partition coefficient (Wildman–Crippen LogP) is 1.49. The van der Waals surface area contributed by atoms with Crippen LogP contribution in [-0.4, -0.2) is 24.9 Å². The summed E-state index contributed by atoms with van der Waals surface area (Å²) in [6.07, 6.45) is 6.76. The summed E-state index contributed by atoms with van der Waals surface area (Å²) in [5.74, 6) is 0.510. The van der Waals surface area contributed by atoms with Crippen molar-refractivity contribution in [2.45, 2.75) is 27.0 Å². The van der Waals surface area contributed by atoms with E-state index >= 15 is 0 Å². The van der Waals surface area contributed by atoms with Gasteiger partial charge in [0, 0.05) is 30.7 Å². The van der Waals surface area contributed by atoms with Gasteiger partial charge in [-0.05, 0) is 5.92 Å². The number of hydrogen-bond donors (Lipinski definition) is 1. The van der Waals surface area contributed by atoms with Crippen LogP contribution in [0.4, 0.5) is 0 Å². The van der Waals surface area contributed by atoms with Crippen LogP contribution in [0.3, 0.4) is 0 Å². The van der Waals surface area contributed by atoms with Crippen LogP contribution in [0, 0.1) is 5.92 Å². The average Bonchev–Trinajstić information content (AvgIpc) is 2.72. The first-order valence-electron chi connectivity index (χ1n) is 5.64. The van der Waals surface area contributed by atoms with E-state index in [2.05, 4.69) is 28.9 Å². The number of aliphatic hydroxyl groups excluding tert-OH is 1. The monoisotopic (exact) mass is 232 g/mol. The first-order chi connectivity index (χ1) is 8.20. The number of rotatable bonds is 4. The van der Waals surface area contributed by atoms with Gasteiger partial charge in [0.15, 0.2) is 0 Å². The van der Waals surface area contributed by atoms with Gasteiger partial charge < -0.3 is 5.11 Å². The van der Waals surface area contributed by atoms with Gasteiger partial charge in [0.1, 0.15) is 11.4 Å². The molecule has 0 saturated heterocycles. The molecule has 0 fully saturated rings. The first kappa shape index (κ1) is 11.7. The van der Waals surface area contributed by atoms with Crippen molar-refractivity contribution in [1.29, 1.82) is 0 Å². The van der Waals surface area contributed by atoms with Gasteiger partial charge in [-0.1, -0.05) is 13.8 Å². The summed E-state index contributed by atoms with van der Waals surface area (Å²) in [7, 11) is 0. The molecule has 0 radical (unpaired) electrons. The molecule has 2 rings (SSSR count). The van der Waals surface area contributed by atoms with Crippen molar-refractivity contribution in [2.75, 3.05) is 0 Å². The fourth-order valence-corrected chi connectivity index (χ4v) is 1.68. The van der Waals surface area contributed by atoms with Crippen molar-refractivity contribution in [3.63, 3.8) is 0 Å². The fraction of sp³-hybridized carbons (Fsp3) is 0.417. The Labute approximate surface area is 100 Å². The largest absolute Gasteiger partial charge is 0.392 e. The highest BCUT2D eigenvalue weighted by atomic mass is 16.3. The van der Waals surface area contributed by atoms with Crippen molar-refractivity contribution in [1.82, 2.24) is 19.7 Å². The van der Waals surface area contributed by atoms with Gasteiger partial charge in [-0.2, -0.15) is 5.10 Å². The van der Waals surface area contributed by atoms with Crippen LogP contribution >= 0.6 is 0 Å². The molecule has 0 aromatic carbocycles. The lowest BCUT2D eigenvalue weighted by Gasteiger charge is -2.03. The van der Waals surface area contributed by atoms with Crippen LogP contribution < -0.4 is 0 Å². The van der Waals surface area contributed by atoms with Gasteiger partial charge in [0.2, 0.25) is 0 Å².